The molecule has 5 nitrogen and oxygen atoms in total. The van der Waals surface area contributed by atoms with E-state index in [-0.39, 0.29) is 6.67 Å². The lowest BCUT2D eigenvalue weighted by Gasteiger charge is -2.28. The van der Waals surface area contributed by atoms with Gasteiger partial charge in [0.25, 0.3) is 17.7 Å². The van der Waals surface area contributed by atoms with Gasteiger partial charge in [0, 0.05) is 10.6 Å². The first-order valence-electron chi connectivity index (χ1n) is 8.74. The molecule has 1 aliphatic rings. The van der Waals surface area contributed by atoms with Crippen LogP contribution >= 0.6 is 23.2 Å². The van der Waals surface area contributed by atoms with E-state index in [0.717, 1.165) is 4.90 Å². The lowest BCUT2D eigenvalue weighted by Crippen LogP contribution is -2.44. The summed E-state index contributed by atoms with van der Waals surface area (Å²) in [5.41, 5.74) is 1.38. The Bertz CT molecular complexity index is 1090. The number of anilines is 1. The number of rotatable bonds is 4. The zero-order chi connectivity index (χ0) is 20.5. The maximum absolute atomic E-state index is 13.3. The second kappa shape index (κ2) is 7.70. The van der Waals surface area contributed by atoms with Crippen LogP contribution in [-0.2, 0) is 0 Å². The zero-order valence-corrected chi connectivity index (χ0v) is 16.5. The molecule has 3 amide bonds. The second-order valence-electron chi connectivity index (χ2n) is 6.42. The number of nitrogens with zero attached hydrogens (tertiary/aromatic N) is 2. The molecule has 0 aliphatic carbocycles. The minimum absolute atomic E-state index is 0.266. The van der Waals surface area contributed by atoms with Crippen molar-refractivity contribution in [3.63, 3.8) is 0 Å². The lowest BCUT2D eigenvalue weighted by molar-refractivity contribution is 0.0650. The Kier molecular flexibility index (Phi) is 5.09. The molecule has 0 aromatic heterocycles. The van der Waals surface area contributed by atoms with E-state index in [2.05, 4.69) is 0 Å². The summed E-state index contributed by atoms with van der Waals surface area (Å²) in [6, 6.07) is 19.7. The van der Waals surface area contributed by atoms with Crippen molar-refractivity contribution < 1.29 is 14.4 Å². The monoisotopic (exact) mass is 424 g/mol. The predicted octanol–water partition coefficient (Wildman–Crippen LogP) is 4.89. The highest BCUT2D eigenvalue weighted by Gasteiger charge is 2.37. The standard InChI is InChI=1S/C22H14Cl2N2O3/c23-15-11-9-14(10-12-15)20(27)25(19-8-4-3-7-18(19)24)13-26-21(28)16-5-1-2-6-17(16)22(26)29/h1-12H,13H2. The third kappa shape index (κ3) is 3.50. The van der Waals surface area contributed by atoms with Gasteiger partial charge >= 0.3 is 0 Å². The highest BCUT2D eigenvalue weighted by atomic mass is 35.5. The summed E-state index contributed by atoms with van der Waals surface area (Å²) in [5.74, 6) is -1.32. The van der Waals surface area contributed by atoms with Crippen LogP contribution in [0.4, 0.5) is 5.69 Å². The van der Waals surface area contributed by atoms with E-state index < -0.39 is 17.7 Å². The van der Waals surface area contributed by atoms with Gasteiger partial charge in [-0.25, -0.2) is 0 Å². The topological polar surface area (TPSA) is 57.7 Å². The molecule has 0 unspecified atom stereocenters. The molecular formula is C22H14Cl2N2O3. The van der Waals surface area contributed by atoms with Crippen LogP contribution in [0.2, 0.25) is 10.0 Å². The fourth-order valence-corrected chi connectivity index (χ4v) is 3.54. The Labute approximate surface area is 177 Å². The molecule has 3 aromatic rings. The first-order valence-corrected chi connectivity index (χ1v) is 9.50. The Hall–Kier alpha value is -3.15. The largest absolute Gasteiger partial charge is 0.288 e. The number of halogens is 2. The summed E-state index contributed by atoms with van der Waals surface area (Å²) in [6.07, 6.45) is 0. The van der Waals surface area contributed by atoms with Gasteiger partial charge in [-0.15, -0.1) is 0 Å². The van der Waals surface area contributed by atoms with Crippen molar-refractivity contribution in [2.45, 2.75) is 0 Å². The van der Waals surface area contributed by atoms with Crippen LogP contribution in [0.25, 0.3) is 0 Å². The van der Waals surface area contributed by atoms with Crippen LogP contribution < -0.4 is 4.90 Å². The summed E-state index contributed by atoms with van der Waals surface area (Å²) in [5, 5.41) is 0.817. The summed E-state index contributed by atoms with van der Waals surface area (Å²) >= 11 is 12.2. The average Bonchev–Trinajstić information content (AvgIpc) is 2.97. The van der Waals surface area contributed by atoms with Crippen molar-refractivity contribution in [3.05, 3.63) is 99.5 Å². The van der Waals surface area contributed by atoms with E-state index in [1.807, 2.05) is 0 Å². The van der Waals surface area contributed by atoms with Gasteiger partial charge in [-0.1, -0.05) is 47.5 Å². The molecule has 0 N–H and O–H groups in total. The molecule has 4 rings (SSSR count). The predicted molar refractivity (Wildman–Crippen MR) is 112 cm³/mol. The van der Waals surface area contributed by atoms with Gasteiger partial charge in [0.2, 0.25) is 0 Å². The van der Waals surface area contributed by atoms with Gasteiger partial charge in [-0.2, -0.15) is 0 Å². The molecule has 0 fully saturated rings. The number of amides is 3. The quantitative estimate of drug-likeness (QED) is 0.559. The van der Waals surface area contributed by atoms with Crippen molar-refractivity contribution in [2.24, 2.45) is 0 Å². The molecule has 3 aromatic carbocycles. The molecular weight excluding hydrogens is 411 g/mol. The fraction of sp³-hybridized carbons (Fsp3) is 0.0455. The van der Waals surface area contributed by atoms with Crippen LogP contribution in [0.5, 0.6) is 0 Å². The molecule has 144 valence electrons. The van der Waals surface area contributed by atoms with Crippen LogP contribution in [-0.4, -0.2) is 29.3 Å². The molecule has 29 heavy (non-hydrogen) atoms. The Morgan fingerprint density at radius 1 is 0.793 bits per heavy atom. The number of carbonyl (C=O) groups is 3. The van der Waals surface area contributed by atoms with E-state index in [4.69, 9.17) is 23.2 Å². The van der Waals surface area contributed by atoms with Crippen LogP contribution in [0.3, 0.4) is 0 Å². The number of imide groups is 1. The lowest BCUT2D eigenvalue weighted by atomic mass is 10.1. The van der Waals surface area contributed by atoms with Crippen LogP contribution in [0, 0.1) is 0 Å². The van der Waals surface area contributed by atoms with Gasteiger partial charge in [0.15, 0.2) is 0 Å². The molecule has 0 saturated heterocycles. The summed E-state index contributed by atoms with van der Waals surface area (Å²) < 4.78 is 0. The maximum Gasteiger partial charge on any atom is 0.263 e. The van der Waals surface area contributed by atoms with Crippen molar-refractivity contribution in [1.82, 2.24) is 4.90 Å². The molecule has 7 heteroatoms. The van der Waals surface area contributed by atoms with Crippen LogP contribution in [0.15, 0.2) is 72.8 Å². The molecule has 0 saturated carbocycles. The SMILES string of the molecule is O=C1c2ccccc2C(=O)N1CN(C(=O)c1ccc(Cl)cc1)c1ccccc1Cl. The third-order valence-electron chi connectivity index (χ3n) is 4.64. The van der Waals surface area contributed by atoms with E-state index in [9.17, 15) is 14.4 Å². The molecule has 0 bridgehead atoms. The average molecular weight is 425 g/mol. The van der Waals surface area contributed by atoms with E-state index in [0.29, 0.717) is 32.4 Å². The van der Waals surface area contributed by atoms with Crippen molar-refractivity contribution >= 4 is 46.6 Å². The zero-order valence-electron chi connectivity index (χ0n) is 15.0. The van der Waals surface area contributed by atoms with E-state index in [1.165, 1.54) is 4.90 Å². The van der Waals surface area contributed by atoms with Crippen molar-refractivity contribution in [3.8, 4) is 0 Å². The van der Waals surface area contributed by atoms with Gasteiger partial charge in [0.1, 0.15) is 6.67 Å². The summed E-state index contributed by atoms with van der Waals surface area (Å²) in [4.78, 5) is 41.2. The van der Waals surface area contributed by atoms with Crippen LogP contribution in [0.1, 0.15) is 31.1 Å². The molecule has 1 aliphatic heterocycles. The highest BCUT2D eigenvalue weighted by molar-refractivity contribution is 6.34. The number of carbonyl (C=O) groups excluding carboxylic acids is 3. The molecule has 0 atom stereocenters. The maximum atomic E-state index is 13.3. The Morgan fingerprint density at radius 2 is 1.34 bits per heavy atom. The third-order valence-corrected chi connectivity index (χ3v) is 5.21. The van der Waals surface area contributed by atoms with Gasteiger partial charge < -0.3 is 0 Å². The van der Waals surface area contributed by atoms with Gasteiger partial charge in [-0.05, 0) is 48.5 Å². The first kappa shape index (κ1) is 19.2. The number of hydrogen-bond acceptors (Lipinski definition) is 3. The number of para-hydroxylation sites is 1. The number of fused-ring (bicyclic) bond motifs is 1. The van der Waals surface area contributed by atoms with Gasteiger partial charge in [0.05, 0.1) is 21.8 Å². The van der Waals surface area contributed by atoms with Crippen molar-refractivity contribution in [2.75, 3.05) is 11.6 Å². The van der Waals surface area contributed by atoms with Crippen molar-refractivity contribution in [1.29, 1.82) is 0 Å². The Morgan fingerprint density at radius 3 is 1.93 bits per heavy atom. The summed E-state index contributed by atoms with van der Waals surface area (Å²) in [7, 11) is 0. The minimum Gasteiger partial charge on any atom is -0.288 e. The van der Waals surface area contributed by atoms with E-state index >= 15 is 0 Å². The molecule has 0 spiro atoms. The molecule has 1 heterocycles. The first-order chi connectivity index (χ1) is 14.0. The second-order valence-corrected chi connectivity index (χ2v) is 7.26. The smallest absolute Gasteiger partial charge is 0.263 e. The van der Waals surface area contributed by atoms with Gasteiger partial charge in [-0.3, -0.25) is 24.2 Å². The number of benzene rings is 3. The fourth-order valence-electron chi connectivity index (χ4n) is 3.18. The normalized spacial score (nSPS) is 12.8. The highest BCUT2D eigenvalue weighted by Crippen LogP contribution is 2.29. The minimum atomic E-state index is -0.452. The molecule has 0 radical (unpaired) electrons. The van der Waals surface area contributed by atoms with E-state index in [1.54, 1.807) is 72.8 Å². The number of hydrogen-bond donors (Lipinski definition) is 0. The Balaban J connectivity index is 1.73. The summed E-state index contributed by atoms with van der Waals surface area (Å²) in [6.45, 7) is -0.266.